The van der Waals surface area contributed by atoms with E-state index in [0.717, 1.165) is 0 Å². The van der Waals surface area contributed by atoms with Crippen LogP contribution >= 0.6 is 0 Å². The van der Waals surface area contributed by atoms with Gasteiger partial charge < -0.3 is 15.1 Å². The summed E-state index contributed by atoms with van der Waals surface area (Å²) in [7, 11) is 1.57. The molecule has 7 heteroatoms. The van der Waals surface area contributed by atoms with Crippen LogP contribution in [-0.4, -0.2) is 43.2 Å². The van der Waals surface area contributed by atoms with Crippen molar-refractivity contribution >= 4 is 5.91 Å². The molecule has 0 fully saturated rings. The van der Waals surface area contributed by atoms with Gasteiger partial charge in [-0.2, -0.15) is 5.10 Å². The maximum absolute atomic E-state index is 12.1. The first-order valence-corrected chi connectivity index (χ1v) is 5.62. The van der Waals surface area contributed by atoms with E-state index in [1.54, 1.807) is 14.0 Å². The topological polar surface area (TPSA) is 102 Å². The molecule has 0 aliphatic heterocycles. The van der Waals surface area contributed by atoms with Gasteiger partial charge in [-0.3, -0.25) is 9.89 Å². The third-order valence-corrected chi connectivity index (χ3v) is 2.58. The minimum absolute atomic E-state index is 0.0368. The summed E-state index contributed by atoms with van der Waals surface area (Å²) < 4.78 is 0. The molecule has 0 bridgehead atoms. The zero-order valence-corrected chi connectivity index (χ0v) is 10.6. The number of benzene rings is 1. The highest BCUT2D eigenvalue weighted by atomic mass is 16.3. The number of aryl methyl sites for hydroxylation is 1. The number of hydrogen-bond acceptors (Lipinski definition) is 5. The second kappa shape index (κ2) is 4.97. The highest BCUT2D eigenvalue weighted by Crippen LogP contribution is 2.23. The van der Waals surface area contributed by atoms with E-state index in [0.29, 0.717) is 11.6 Å². The fourth-order valence-electron chi connectivity index (χ4n) is 1.64. The van der Waals surface area contributed by atoms with Gasteiger partial charge in [0.2, 0.25) is 0 Å². The molecule has 19 heavy (non-hydrogen) atoms. The normalized spacial score (nSPS) is 10.4. The molecule has 0 atom stereocenters. The van der Waals surface area contributed by atoms with Gasteiger partial charge in [-0.25, -0.2) is 4.98 Å². The molecule has 0 aliphatic carbocycles. The van der Waals surface area contributed by atoms with Gasteiger partial charge in [-0.05, 0) is 25.1 Å². The Bertz CT molecular complexity index is 609. The fraction of sp³-hybridized carbons (Fsp3) is 0.250. The fourth-order valence-corrected chi connectivity index (χ4v) is 1.64. The smallest absolute Gasteiger partial charge is 0.257 e. The number of amides is 1. The highest BCUT2D eigenvalue weighted by Gasteiger charge is 2.18. The Morgan fingerprint density at radius 2 is 2.16 bits per heavy atom. The predicted molar refractivity (Wildman–Crippen MR) is 66.7 cm³/mol. The van der Waals surface area contributed by atoms with E-state index >= 15 is 0 Å². The average Bonchev–Trinajstić information content (AvgIpc) is 2.77. The van der Waals surface area contributed by atoms with Crippen molar-refractivity contribution in [3.05, 3.63) is 35.4 Å². The van der Waals surface area contributed by atoms with Gasteiger partial charge in [0.25, 0.3) is 5.91 Å². The number of nitrogens with one attached hydrogen (secondary N) is 1. The van der Waals surface area contributed by atoms with Crippen LogP contribution in [0, 0.1) is 6.92 Å². The van der Waals surface area contributed by atoms with Gasteiger partial charge in [0.1, 0.15) is 17.3 Å². The third-order valence-electron chi connectivity index (χ3n) is 2.58. The van der Waals surface area contributed by atoms with Gasteiger partial charge in [-0.15, -0.1) is 0 Å². The number of nitrogens with zero attached hydrogens (tertiary/aromatic N) is 3. The number of carbonyl (C=O) groups excluding carboxylic acids is 1. The molecule has 1 aromatic carbocycles. The van der Waals surface area contributed by atoms with E-state index < -0.39 is 5.91 Å². The van der Waals surface area contributed by atoms with Crippen molar-refractivity contribution in [3.63, 3.8) is 0 Å². The molecule has 1 heterocycles. The lowest BCUT2D eigenvalue weighted by Gasteiger charge is -2.16. The van der Waals surface area contributed by atoms with Crippen molar-refractivity contribution in [1.29, 1.82) is 0 Å². The van der Waals surface area contributed by atoms with Crippen LogP contribution in [0.2, 0.25) is 0 Å². The van der Waals surface area contributed by atoms with Crippen molar-refractivity contribution < 1.29 is 15.0 Å². The Kier molecular flexibility index (Phi) is 3.37. The molecule has 2 rings (SSSR count). The van der Waals surface area contributed by atoms with Crippen molar-refractivity contribution in [2.75, 3.05) is 7.05 Å². The van der Waals surface area contributed by atoms with E-state index in [1.807, 2.05) is 0 Å². The minimum atomic E-state index is -0.421. The summed E-state index contributed by atoms with van der Waals surface area (Å²) in [5.74, 6) is 0.462. The van der Waals surface area contributed by atoms with Crippen LogP contribution in [0.25, 0.3) is 0 Å². The Morgan fingerprint density at radius 1 is 1.42 bits per heavy atom. The van der Waals surface area contributed by atoms with Gasteiger partial charge in [-0.1, -0.05) is 0 Å². The Balaban J connectivity index is 2.16. The summed E-state index contributed by atoms with van der Waals surface area (Å²) >= 11 is 0. The average molecular weight is 262 g/mol. The predicted octanol–water partition coefficient (Wildman–Crippen LogP) is 0.797. The Labute approximate surface area is 109 Å². The highest BCUT2D eigenvalue weighted by molar-refractivity contribution is 5.97. The van der Waals surface area contributed by atoms with E-state index in [2.05, 4.69) is 15.2 Å². The summed E-state index contributed by atoms with van der Waals surface area (Å²) in [6, 6.07) is 3.80. The van der Waals surface area contributed by atoms with Crippen LogP contribution in [0.5, 0.6) is 11.5 Å². The molecular weight excluding hydrogens is 248 g/mol. The van der Waals surface area contributed by atoms with Crippen LogP contribution < -0.4 is 0 Å². The molecule has 0 saturated carbocycles. The Hall–Kier alpha value is -2.57. The molecule has 1 amide bonds. The van der Waals surface area contributed by atoms with Crippen molar-refractivity contribution in [2.45, 2.75) is 13.5 Å². The first-order valence-electron chi connectivity index (χ1n) is 5.62. The zero-order chi connectivity index (χ0) is 14.0. The number of rotatable bonds is 3. The van der Waals surface area contributed by atoms with Gasteiger partial charge in [0.05, 0.1) is 12.1 Å². The first-order chi connectivity index (χ1) is 8.97. The standard InChI is InChI=1S/C12H14N4O3/c1-7-13-11(15-14-7)6-16(2)12(19)9-5-8(17)3-4-10(9)18/h3-5,17-18H,6H2,1-2H3,(H,13,14,15). The summed E-state index contributed by atoms with van der Waals surface area (Å²) in [5.41, 5.74) is 0.0368. The molecular formula is C12H14N4O3. The lowest BCUT2D eigenvalue weighted by molar-refractivity contribution is 0.0778. The monoisotopic (exact) mass is 262 g/mol. The number of hydrogen-bond donors (Lipinski definition) is 3. The summed E-state index contributed by atoms with van der Waals surface area (Å²) in [4.78, 5) is 17.6. The number of phenols is 2. The van der Waals surface area contributed by atoms with E-state index in [1.165, 1.54) is 23.1 Å². The van der Waals surface area contributed by atoms with Crippen LogP contribution in [-0.2, 0) is 6.54 Å². The molecule has 100 valence electrons. The summed E-state index contributed by atoms with van der Waals surface area (Å²) in [5, 5.41) is 25.6. The number of carbonyl (C=O) groups is 1. The van der Waals surface area contributed by atoms with E-state index in [4.69, 9.17) is 0 Å². The lowest BCUT2D eigenvalue weighted by Crippen LogP contribution is -2.26. The van der Waals surface area contributed by atoms with E-state index in [-0.39, 0.29) is 23.6 Å². The van der Waals surface area contributed by atoms with Crippen LogP contribution in [0.1, 0.15) is 22.0 Å². The largest absolute Gasteiger partial charge is 0.508 e. The molecule has 1 aromatic heterocycles. The van der Waals surface area contributed by atoms with Crippen LogP contribution in [0.15, 0.2) is 18.2 Å². The second-order valence-electron chi connectivity index (χ2n) is 4.20. The Morgan fingerprint density at radius 3 is 2.79 bits per heavy atom. The third kappa shape index (κ3) is 2.82. The molecule has 2 aromatic rings. The lowest BCUT2D eigenvalue weighted by atomic mass is 10.1. The second-order valence-corrected chi connectivity index (χ2v) is 4.20. The van der Waals surface area contributed by atoms with Crippen LogP contribution in [0.3, 0.4) is 0 Å². The zero-order valence-electron chi connectivity index (χ0n) is 10.6. The quantitative estimate of drug-likeness (QED) is 0.710. The molecule has 0 aliphatic rings. The summed E-state index contributed by atoms with van der Waals surface area (Å²) in [6.07, 6.45) is 0. The first kappa shape index (κ1) is 12.9. The van der Waals surface area contributed by atoms with Crippen LogP contribution in [0.4, 0.5) is 0 Å². The van der Waals surface area contributed by atoms with Gasteiger partial charge >= 0.3 is 0 Å². The van der Waals surface area contributed by atoms with E-state index in [9.17, 15) is 15.0 Å². The van der Waals surface area contributed by atoms with Crippen molar-refractivity contribution in [2.24, 2.45) is 0 Å². The van der Waals surface area contributed by atoms with Crippen molar-refractivity contribution in [3.8, 4) is 11.5 Å². The number of H-pyrrole nitrogens is 1. The molecule has 0 saturated heterocycles. The van der Waals surface area contributed by atoms with Crippen molar-refractivity contribution in [1.82, 2.24) is 20.1 Å². The maximum atomic E-state index is 12.1. The number of aromatic hydroxyl groups is 2. The molecule has 7 nitrogen and oxygen atoms in total. The van der Waals surface area contributed by atoms with Gasteiger partial charge in [0.15, 0.2) is 5.82 Å². The number of phenolic OH excluding ortho intramolecular Hbond substituents is 2. The number of aromatic amines is 1. The minimum Gasteiger partial charge on any atom is -0.508 e. The number of aromatic nitrogens is 3. The molecule has 0 radical (unpaired) electrons. The summed E-state index contributed by atoms with van der Waals surface area (Å²) in [6.45, 7) is 1.97. The molecule has 3 N–H and O–H groups in total. The molecule has 0 unspecified atom stereocenters. The van der Waals surface area contributed by atoms with Gasteiger partial charge in [0, 0.05) is 7.05 Å². The maximum Gasteiger partial charge on any atom is 0.257 e. The molecule has 0 spiro atoms. The SMILES string of the molecule is Cc1nc(CN(C)C(=O)c2cc(O)ccc2O)n[nH]1.